The van der Waals surface area contributed by atoms with Crippen molar-refractivity contribution in [2.45, 2.75) is 45.2 Å². The summed E-state index contributed by atoms with van der Waals surface area (Å²) < 4.78 is 10.9. The Labute approximate surface area is 92.9 Å². The Kier molecular flexibility index (Phi) is 9.75. The Morgan fingerprint density at radius 2 is 1.64 bits per heavy atom. The summed E-state index contributed by atoms with van der Waals surface area (Å²) in [6, 6.07) is 0. The number of hydrogen-bond acceptors (Lipinski definition) is 3. The molecule has 3 nitrogen and oxygen atoms in total. The molecule has 0 unspecified atom stereocenters. The van der Waals surface area contributed by atoms with Crippen molar-refractivity contribution in [3.8, 4) is 0 Å². The first-order valence-electron chi connectivity index (χ1n) is 5.36. The zero-order chi connectivity index (χ0) is 10.8. The molecule has 0 aromatic heterocycles. The molecule has 0 atom stereocenters. The van der Waals surface area contributed by atoms with Gasteiger partial charge in [-0.3, -0.25) is 0 Å². The maximum absolute atomic E-state index is 11.5. The van der Waals surface area contributed by atoms with Gasteiger partial charge in [0.2, 0.25) is 0 Å². The number of hydrogen-bond donors (Lipinski definition) is 0. The minimum absolute atomic E-state index is 0.148. The van der Waals surface area contributed by atoms with Crippen molar-refractivity contribution in [1.29, 1.82) is 0 Å². The fraction of sp³-hybridized carbons (Fsp3) is 0.900. The van der Waals surface area contributed by atoms with Gasteiger partial charge in [0.15, 0.2) is 0 Å². The fourth-order valence-electron chi connectivity index (χ4n) is 0.960. The third-order valence-electron chi connectivity index (χ3n) is 1.58. The molecule has 0 aromatic rings. The van der Waals surface area contributed by atoms with Gasteiger partial charge in [0.05, 0.1) is 0 Å². The van der Waals surface area contributed by atoms with Crippen molar-refractivity contribution in [2.75, 3.05) is 13.2 Å². The summed E-state index contributed by atoms with van der Waals surface area (Å²) in [5.41, 5.74) is 0. The molecular weight excluding hydrogens is 195 g/mol. The average Bonchev–Trinajstić information content (AvgIpc) is 2.18. The van der Waals surface area contributed by atoms with Crippen molar-refractivity contribution in [1.82, 2.24) is 0 Å². The van der Waals surface area contributed by atoms with Crippen LogP contribution in [0.15, 0.2) is 0 Å². The first kappa shape index (κ1) is 14.1. The van der Waals surface area contributed by atoms with E-state index in [9.17, 15) is 4.79 Å². The number of carbonyl (C=O) groups excluding carboxylic acids is 1. The van der Waals surface area contributed by atoms with Gasteiger partial charge in [0, 0.05) is 0 Å². The first-order chi connectivity index (χ1) is 6.76. The van der Waals surface area contributed by atoms with Crippen LogP contribution in [0.25, 0.3) is 0 Å². The quantitative estimate of drug-likeness (QED) is 0.435. The van der Waals surface area contributed by atoms with Crippen molar-refractivity contribution in [3.63, 3.8) is 0 Å². The summed E-state index contributed by atoms with van der Waals surface area (Å²) in [7, 11) is 0. The van der Waals surface area contributed by atoms with E-state index in [1.807, 2.05) is 20.8 Å². The molecule has 0 saturated heterocycles. The molecule has 0 amide bonds. The average molecular weight is 215 g/mol. The van der Waals surface area contributed by atoms with E-state index in [2.05, 4.69) is 0 Å². The van der Waals surface area contributed by atoms with Crippen LogP contribution >= 0.6 is 0 Å². The number of rotatable bonds is 9. The maximum atomic E-state index is 11.5. The second kappa shape index (κ2) is 9.67. The van der Waals surface area contributed by atoms with E-state index in [0.717, 1.165) is 18.1 Å². The molecule has 0 aliphatic rings. The van der Waals surface area contributed by atoms with E-state index < -0.39 is 6.29 Å². The molecule has 0 N–H and O–H groups in total. The summed E-state index contributed by atoms with van der Waals surface area (Å²) in [4.78, 5) is 11.5. The summed E-state index contributed by atoms with van der Waals surface area (Å²) in [6.07, 6.45) is 1.24. The predicted octanol–water partition coefficient (Wildman–Crippen LogP) is 1.83. The monoisotopic (exact) mass is 215 g/mol. The van der Waals surface area contributed by atoms with Crippen molar-refractivity contribution in [3.05, 3.63) is 0 Å². The zero-order valence-electron chi connectivity index (χ0n) is 9.41. The van der Waals surface area contributed by atoms with Crippen LogP contribution in [0.5, 0.6) is 0 Å². The molecule has 0 radical (unpaired) electrons. The second-order valence-corrected chi connectivity index (χ2v) is 4.88. The van der Waals surface area contributed by atoms with E-state index in [1.54, 1.807) is 0 Å². The van der Waals surface area contributed by atoms with Gasteiger partial charge in [0.25, 0.3) is 0 Å². The van der Waals surface area contributed by atoms with Gasteiger partial charge in [-0.2, -0.15) is 0 Å². The Hall–Kier alpha value is 0.122. The zero-order valence-corrected chi connectivity index (χ0v) is 10.6. The van der Waals surface area contributed by atoms with Gasteiger partial charge in [-0.25, -0.2) is 0 Å². The molecule has 0 spiro atoms. The molecule has 80 valence electrons. The van der Waals surface area contributed by atoms with Gasteiger partial charge in [-0.05, 0) is 0 Å². The molecule has 0 aliphatic carbocycles. The number of ether oxygens (including phenoxy) is 2. The van der Waals surface area contributed by atoms with Crippen LogP contribution in [-0.2, 0) is 14.3 Å². The Morgan fingerprint density at radius 3 is 2.00 bits per heavy atom. The third-order valence-corrected chi connectivity index (χ3v) is 2.67. The molecule has 0 aliphatic heterocycles. The van der Waals surface area contributed by atoms with E-state index in [0.29, 0.717) is 13.2 Å². The summed E-state index contributed by atoms with van der Waals surface area (Å²) in [6.45, 7) is 7.26. The normalized spacial score (nSPS) is 10.3. The second-order valence-electron chi connectivity index (χ2n) is 3.09. The van der Waals surface area contributed by atoms with Crippen LogP contribution in [0.1, 0.15) is 33.6 Å². The van der Waals surface area contributed by atoms with Gasteiger partial charge >= 0.3 is 92.5 Å². The Bertz CT molecular complexity index is 142. The SMILES string of the molecule is CCCOC(OCCC)[C](=O)[Al+][CH2]C. The van der Waals surface area contributed by atoms with Crippen LogP contribution in [-0.4, -0.2) is 39.4 Å². The van der Waals surface area contributed by atoms with E-state index in [4.69, 9.17) is 9.47 Å². The molecule has 0 fully saturated rings. The van der Waals surface area contributed by atoms with Gasteiger partial charge in [-0.1, -0.05) is 0 Å². The minimum atomic E-state index is -0.593. The van der Waals surface area contributed by atoms with Gasteiger partial charge < -0.3 is 0 Å². The van der Waals surface area contributed by atoms with Gasteiger partial charge in [-0.15, -0.1) is 0 Å². The molecule has 0 bridgehead atoms. The fourth-order valence-corrected chi connectivity index (χ4v) is 1.75. The van der Waals surface area contributed by atoms with Crippen molar-refractivity contribution in [2.24, 2.45) is 0 Å². The van der Waals surface area contributed by atoms with Crippen LogP contribution in [0.2, 0.25) is 5.28 Å². The summed E-state index contributed by atoms with van der Waals surface area (Å²) in [5, 5.41) is 0.931. The van der Waals surface area contributed by atoms with Crippen LogP contribution in [0.3, 0.4) is 0 Å². The van der Waals surface area contributed by atoms with Gasteiger partial charge in [0.1, 0.15) is 0 Å². The topological polar surface area (TPSA) is 35.5 Å². The third kappa shape index (κ3) is 6.56. The van der Waals surface area contributed by atoms with Crippen molar-refractivity contribution < 1.29 is 14.3 Å². The molecular formula is C10H20AlO3+. The first-order valence-corrected chi connectivity index (χ1v) is 6.75. The molecule has 14 heavy (non-hydrogen) atoms. The summed E-state index contributed by atoms with van der Waals surface area (Å²) in [5.74, 6) is 0. The van der Waals surface area contributed by atoms with E-state index in [-0.39, 0.29) is 19.9 Å². The molecule has 0 heterocycles. The number of carbonyl (C=O) groups is 1. The van der Waals surface area contributed by atoms with Crippen LogP contribution in [0.4, 0.5) is 0 Å². The molecule has 0 aromatic carbocycles. The molecule has 0 rings (SSSR count). The van der Waals surface area contributed by atoms with E-state index in [1.165, 1.54) is 0 Å². The predicted molar refractivity (Wildman–Crippen MR) is 57.5 cm³/mol. The molecule has 4 heteroatoms. The van der Waals surface area contributed by atoms with Crippen LogP contribution < -0.4 is 0 Å². The van der Waals surface area contributed by atoms with Crippen LogP contribution in [0, 0.1) is 0 Å². The van der Waals surface area contributed by atoms with Crippen molar-refractivity contribution >= 4 is 19.9 Å². The summed E-state index contributed by atoms with van der Waals surface area (Å²) >= 11 is -0.172. The standard InChI is InChI=1S/C8H15O3.C2H5.Al/c1-3-5-10-8(7-9)11-6-4-2;1-2;/h8H,3-6H2,1-2H3;1H2,2H3;/q;;+1. The Balaban J connectivity index is 3.88. The molecule has 0 saturated carbocycles. The Morgan fingerprint density at radius 1 is 1.14 bits per heavy atom. The van der Waals surface area contributed by atoms with E-state index >= 15 is 0 Å².